The van der Waals surface area contributed by atoms with E-state index in [1.165, 1.54) is 31.4 Å². The largest absolute Gasteiger partial charge is 0.495 e. The number of nitrogens with zero attached hydrogens (tertiary/aromatic N) is 1. The molecule has 32 heavy (non-hydrogen) atoms. The molecule has 11 heteroatoms. The minimum Gasteiger partial charge on any atom is -0.495 e. The molecule has 0 aliphatic carbocycles. The molecule has 0 atom stereocenters. The van der Waals surface area contributed by atoms with Crippen LogP contribution >= 0.6 is 11.6 Å². The summed E-state index contributed by atoms with van der Waals surface area (Å²) in [5.41, 5.74) is 3.45. The molecule has 0 saturated carbocycles. The first-order chi connectivity index (χ1) is 15.2. The molecule has 4 rings (SSSR count). The lowest BCUT2D eigenvalue weighted by molar-refractivity contribution is 0.102. The van der Waals surface area contributed by atoms with Gasteiger partial charge in [-0.1, -0.05) is 23.7 Å². The summed E-state index contributed by atoms with van der Waals surface area (Å²) in [6, 6.07) is 11.6. The molecule has 3 aromatic rings. The molecular weight excluding hydrogens is 464 g/mol. The lowest BCUT2D eigenvalue weighted by atomic mass is 10.1. The van der Waals surface area contributed by atoms with Gasteiger partial charge in [-0.25, -0.2) is 14.2 Å². The second kappa shape index (κ2) is 8.38. The average Bonchev–Trinajstić information content (AvgIpc) is 3.17. The van der Waals surface area contributed by atoms with Crippen LogP contribution in [0.5, 0.6) is 5.75 Å². The van der Waals surface area contributed by atoms with Crippen LogP contribution in [0.15, 0.2) is 59.5 Å². The minimum atomic E-state index is -4.26. The summed E-state index contributed by atoms with van der Waals surface area (Å²) in [6.07, 6.45) is 0. The number of sulfonamides is 1. The number of benzene rings is 3. The molecule has 0 fully saturated rings. The predicted octanol–water partition coefficient (Wildman–Crippen LogP) is 4.09. The zero-order valence-electron chi connectivity index (χ0n) is 16.5. The highest BCUT2D eigenvalue weighted by atomic mass is 35.5. The molecule has 3 aromatic carbocycles. The Kier molecular flexibility index (Phi) is 5.76. The normalized spacial score (nSPS) is 13.1. The van der Waals surface area contributed by atoms with Gasteiger partial charge in [0.25, 0.3) is 15.9 Å². The first-order valence-electron chi connectivity index (χ1n) is 9.23. The first-order valence-corrected chi connectivity index (χ1v) is 11.0. The van der Waals surface area contributed by atoms with Crippen LogP contribution in [0, 0.1) is 11.6 Å². The molecule has 0 unspecified atom stereocenters. The fourth-order valence-electron chi connectivity index (χ4n) is 3.30. The Morgan fingerprint density at radius 2 is 1.94 bits per heavy atom. The van der Waals surface area contributed by atoms with Gasteiger partial charge in [0.1, 0.15) is 22.3 Å². The Morgan fingerprint density at radius 1 is 1.16 bits per heavy atom. The molecule has 2 N–H and O–H groups in total. The Labute approximate surface area is 187 Å². The van der Waals surface area contributed by atoms with E-state index in [2.05, 4.69) is 10.7 Å². The Balaban J connectivity index is 1.69. The molecule has 1 aliphatic heterocycles. The maximum atomic E-state index is 14.0. The predicted molar refractivity (Wildman–Crippen MR) is 115 cm³/mol. The summed E-state index contributed by atoms with van der Waals surface area (Å²) in [6.45, 7) is 0.180. The molecule has 1 amide bonds. The number of carbonyl (C=O) groups is 1. The first kappa shape index (κ1) is 22.0. The lowest BCUT2D eigenvalue weighted by Crippen LogP contribution is -2.38. The van der Waals surface area contributed by atoms with Crippen molar-refractivity contribution < 1.29 is 26.7 Å². The van der Waals surface area contributed by atoms with E-state index in [1.54, 1.807) is 12.1 Å². The van der Waals surface area contributed by atoms with E-state index in [-0.39, 0.29) is 39.2 Å². The number of fused-ring (bicyclic) bond motifs is 1. The quantitative estimate of drug-likeness (QED) is 0.575. The molecule has 0 saturated heterocycles. The fourth-order valence-corrected chi connectivity index (χ4v) is 5.07. The van der Waals surface area contributed by atoms with Crippen molar-refractivity contribution in [1.82, 2.24) is 5.43 Å². The number of hydrogen-bond donors (Lipinski definition) is 2. The highest BCUT2D eigenvalue weighted by Gasteiger charge is 2.34. The third kappa shape index (κ3) is 3.88. The van der Waals surface area contributed by atoms with Crippen LogP contribution < -0.4 is 19.9 Å². The topological polar surface area (TPSA) is 87.7 Å². The Bertz CT molecular complexity index is 1310. The van der Waals surface area contributed by atoms with Crippen LogP contribution in [0.4, 0.5) is 20.2 Å². The van der Waals surface area contributed by atoms with Crippen molar-refractivity contribution in [3.8, 4) is 5.75 Å². The molecule has 1 heterocycles. The van der Waals surface area contributed by atoms with Crippen LogP contribution in [0.2, 0.25) is 5.02 Å². The smallest absolute Gasteiger partial charge is 0.281 e. The van der Waals surface area contributed by atoms with Gasteiger partial charge in [0.2, 0.25) is 0 Å². The second-order valence-corrected chi connectivity index (χ2v) is 8.96. The van der Waals surface area contributed by atoms with Crippen molar-refractivity contribution in [3.05, 3.63) is 82.4 Å². The van der Waals surface area contributed by atoms with Gasteiger partial charge in [-0.3, -0.25) is 4.79 Å². The Hall–Kier alpha value is -3.21. The van der Waals surface area contributed by atoms with Crippen LogP contribution in [-0.2, 0) is 16.6 Å². The number of anilines is 2. The van der Waals surface area contributed by atoms with Gasteiger partial charge >= 0.3 is 0 Å². The molecule has 0 bridgehead atoms. The van der Waals surface area contributed by atoms with E-state index in [0.29, 0.717) is 5.56 Å². The number of hydrogen-bond acceptors (Lipinski definition) is 5. The number of nitrogens with one attached hydrogen (secondary N) is 2. The molecule has 166 valence electrons. The van der Waals surface area contributed by atoms with Gasteiger partial charge in [0.05, 0.1) is 23.4 Å². The van der Waals surface area contributed by atoms with Crippen molar-refractivity contribution in [1.29, 1.82) is 0 Å². The summed E-state index contributed by atoms with van der Waals surface area (Å²) >= 11 is 5.94. The second-order valence-electron chi connectivity index (χ2n) is 6.79. The lowest BCUT2D eigenvalue weighted by Gasteiger charge is -2.21. The van der Waals surface area contributed by atoms with Crippen LogP contribution in [0.25, 0.3) is 0 Å². The standard InChI is InChI=1S/C21H16ClF2N3O4S/c1-31-18-8-6-13(23)9-19(18)32(29,30)27-17-10-14(7-5-12(17)11-25-27)26-21(28)20-15(22)3-2-4-16(20)24/h2-10,25H,11H2,1H3,(H,26,28). The van der Waals surface area contributed by atoms with Gasteiger partial charge in [-0.2, -0.15) is 12.8 Å². The van der Waals surface area contributed by atoms with Gasteiger partial charge in [-0.05, 0) is 48.0 Å². The summed E-state index contributed by atoms with van der Waals surface area (Å²) in [5, 5.41) is 2.45. The third-order valence-corrected chi connectivity index (χ3v) is 6.81. The van der Waals surface area contributed by atoms with E-state index in [9.17, 15) is 22.0 Å². The van der Waals surface area contributed by atoms with E-state index in [0.717, 1.165) is 22.6 Å². The van der Waals surface area contributed by atoms with Crippen molar-refractivity contribution in [2.24, 2.45) is 0 Å². The molecule has 0 aromatic heterocycles. The van der Waals surface area contributed by atoms with Gasteiger partial charge in [-0.15, -0.1) is 0 Å². The monoisotopic (exact) mass is 479 g/mol. The fraction of sp³-hybridized carbons (Fsp3) is 0.0952. The third-order valence-electron chi connectivity index (χ3n) is 4.81. The molecule has 7 nitrogen and oxygen atoms in total. The Morgan fingerprint density at radius 3 is 2.66 bits per heavy atom. The number of hydrazine groups is 1. The number of carbonyl (C=O) groups excluding carboxylic acids is 1. The van der Waals surface area contributed by atoms with Gasteiger partial charge in [0.15, 0.2) is 0 Å². The minimum absolute atomic E-state index is 0.0275. The summed E-state index contributed by atoms with van der Waals surface area (Å²) in [4.78, 5) is 12.2. The zero-order chi connectivity index (χ0) is 23.0. The summed E-state index contributed by atoms with van der Waals surface area (Å²) < 4.78 is 60.3. The van der Waals surface area contributed by atoms with Crippen molar-refractivity contribution in [2.45, 2.75) is 11.4 Å². The van der Waals surface area contributed by atoms with E-state index >= 15 is 0 Å². The number of methoxy groups -OCH3 is 1. The number of ether oxygens (including phenoxy) is 1. The molecule has 0 spiro atoms. The number of amides is 1. The zero-order valence-corrected chi connectivity index (χ0v) is 18.1. The van der Waals surface area contributed by atoms with Crippen LogP contribution in [0.1, 0.15) is 15.9 Å². The van der Waals surface area contributed by atoms with Crippen LogP contribution in [0.3, 0.4) is 0 Å². The van der Waals surface area contributed by atoms with Gasteiger partial charge < -0.3 is 10.1 Å². The molecule has 1 aliphatic rings. The van der Waals surface area contributed by atoms with Crippen LogP contribution in [-0.4, -0.2) is 21.4 Å². The summed E-state index contributed by atoms with van der Waals surface area (Å²) in [7, 11) is -2.99. The number of rotatable bonds is 5. The van der Waals surface area contributed by atoms with E-state index < -0.39 is 27.6 Å². The highest BCUT2D eigenvalue weighted by Crippen LogP contribution is 2.35. The SMILES string of the molecule is COc1ccc(F)cc1S(=O)(=O)N1NCc2ccc(NC(=O)c3c(F)cccc3Cl)cc21. The van der Waals surface area contributed by atoms with Gasteiger partial charge in [0, 0.05) is 12.2 Å². The van der Waals surface area contributed by atoms with E-state index in [4.69, 9.17) is 16.3 Å². The van der Waals surface area contributed by atoms with Crippen molar-refractivity contribution >= 4 is 38.9 Å². The maximum absolute atomic E-state index is 14.0. The maximum Gasteiger partial charge on any atom is 0.281 e. The van der Waals surface area contributed by atoms with Crippen molar-refractivity contribution in [3.63, 3.8) is 0 Å². The molecule has 0 radical (unpaired) electrons. The average molecular weight is 480 g/mol. The molecular formula is C21H16ClF2N3O4S. The number of halogens is 3. The van der Waals surface area contributed by atoms with Crippen molar-refractivity contribution in [2.75, 3.05) is 16.8 Å². The summed E-state index contributed by atoms with van der Waals surface area (Å²) in [5.74, 6) is -2.35. The van der Waals surface area contributed by atoms with E-state index in [1.807, 2.05) is 0 Å². The highest BCUT2D eigenvalue weighted by molar-refractivity contribution is 7.92.